The summed E-state index contributed by atoms with van der Waals surface area (Å²) in [6.07, 6.45) is 3.73. The Bertz CT molecular complexity index is 4710. The lowest BCUT2D eigenvalue weighted by Crippen LogP contribution is -2.30. The second-order valence-corrected chi connectivity index (χ2v) is 23.9. The number of Topliss-reactive ketones (excluding diaryl/α,β-unsaturated/α-hetero) is 2. The molecule has 4 aliphatic rings. The van der Waals surface area contributed by atoms with Crippen molar-refractivity contribution in [1.29, 1.82) is 21.0 Å². The zero-order valence-corrected chi connectivity index (χ0v) is 46.5. The maximum Gasteiger partial charge on any atom is 0.194 e. The van der Waals surface area contributed by atoms with E-state index in [1.54, 1.807) is 46.9 Å². The van der Waals surface area contributed by atoms with Gasteiger partial charge in [-0.25, -0.2) is 0 Å². The fraction of sp³-hybridized carbons (Fsp3) is 0.0811. The topological polar surface area (TPSA) is 129 Å². The van der Waals surface area contributed by atoms with E-state index in [0.717, 1.165) is 108 Å². The predicted octanol–water partition coefficient (Wildman–Crippen LogP) is 17.1. The third kappa shape index (κ3) is 7.07. The Morgan fingerprint density at radius 1 is 0.390 bits per heavy atom. The molecule has 8 heteroatoms. The molecule has 82 heavy (non-hydrogen) atoms. The first-order chi connectivity index (χ1) is 39.9. The summed E-state index contributed by atoms with van der Waals surface area (Å²) in [5.74, 6) is -0.444. The molecule has 384 valence electrons. The molecular formula is C74H44N4O2S2. The molecule has 2 aromatic heterocycles. The van der Waals surface area contributed by atoms with Gasteiger partial charge in [-0.05, 0) is 154 Å². The van der Waals surface area contributed by atoms with E-state index in [4.69, 9.17) is 0 Å². The number of nitrogens with zero attached hydrogens (tertiary/aromatic N) is 4. The van der Waals surface area contributed by atoms with Gasteiger partial charge in [0.15, 0.2) is 11.6 Å². The number of hydrogen-bond acceptors (Lipinski definition) is 8. The number of aryl methyl sites for hydroxylation is 4. The van der Waals surface area contributed by atoms with Crippen molar-refractivity contribution in [3.63, 3.8) is 0 Å². The molecule has 6 nitrogen and oxygen atoms in total. The minimum absolute atomic E-state index is 0.101. The summed E-state index contributed by atoms with van der Waals surface area (Å²) in [7, 11) is 0. The number of hydrogen-bond donors (Lipinski definition) is 0. The van der Waals surface area contributed by atoms with Crippen LogP contribution in [0.4, 0.5) is 0 Å². The molecule has 8 aromatic carbocycles. The average Bonchev–Trinajstić information content (AvgIpc) is 1.64. The van der Waals surface area contributed by atoms with Crippen LogP contribution in [-0.4, -0.2) is 11.6 Å². The molecule has 0 spiro atoms. The second kappa shape index (κ2) is 18.6. The van der Waals surface area contributed by atoms with Gasteiger partial charge in [-0.2, -0.15) is 21.0 Å². The van der Waals surface area contributed by atoms with Crippen molar-refractivity contribution in [2.45, 2.75) is 38.5 Å². The number of fused-ring (bicyclic) bond motifs is 9. The van der Waals surface area contributed by atoms with Gasteiger partial charge >= 0.3 is 0 Å². The molecule has 10 aromatic rings. The summed E-state index contributed by atoms with van der Waals surface area (Å²) in [6.45, 7) is 8.43. The van der Waals surface area contributed by atoms with Crippen LogP contribution in [0.15, 0.2) is 204 Å². The van der Waals surface area contributed by atoms with Crippen molar-refractivity contribution >= 4 is 67.6 Å². The number of nitriles is 4. The number of ketones is 2. The highest BCUT2D eigenvalue weighted by molar-refractivity contribution is 7.20. The van der Waals surface area contributed by atoms with Crippen molar-refractivity contribution in [2.75, 3.05) is 0 Å². The van der Waals surface area contributed by atoms with Gasteiger partial charge in [0.1, 0.15) is 35.4 Å². The summed E-state index contributed by atoms with van der Waals surface area (Å²) in [5.41, 5.74) is 18.2. The summed E-state index contributed by atoms with van der Waals surface area (Å²) < 4.78 is 1.02. The van der Waals surface area contributed by atoms with Crippen LogP contribution in [0.3, 0.4) is 0 Å². The lowest BCUT2D eigenvalue weighted by atomic mass is 9.65. The Labute approximate surface area is 482 Å². The molecule has 4 aliphatic carbocycles. The zero-order valence-electron chi connectivity index (χ0n) is 44.9. The maximum absolute atomic E-state index is 14.5. The molecule has 0 fully saturated rings. The molecule has 0 radical (unpaired) electrons. The van der Waals surface area contributed by atoms with Gasteiger partial charge in [-0.15, -0.1) is 22.7 Å². The second-order valence-electron chi connectivity index (χ2n) is 21.7. The highest BCUT2D eigenvalue weighted by atomic mass is 32.1. The molecular weight excluding hydrogens is 1040 g/mol. The minimum atomic E-state index is -0.854. The third-order valence-corrected chi connectivity index (χ3v) is 19.3. The van der Waals surface area contributed by atoms with Crippen LogP contribution in [0.1, 0.15) is 108 Å². The van der Waals surface area contributed by atoms with Crippen LogP contribution in [0, 0.1) is 73.0 Å². The van der Waals surface area contributed by atoms with E-state index in [9.17, 15) is 30.6 Å². The Balaban J connectivity index is 1.07. The highest BCUT2D eigenvalue weighted by Gasteiger charge is 2.52. The average molecular weight is 1090 g/mol. The Morgan fingerprint density at radius 2 is 0.756 bits per heavy atom. The van der Waals surface area contributed by atoms with Crippen molar-refractivity contribution in [3.05, 3.63) is 303 Å². The predicted molar refractivity (Wildman–Crippen MR) is 327 cm³/mol. The smallest absolute Gasteiger partial charge is 0.194 e. The summed E-state index contributed by atoms with van der Waals surface area (Å²) in [4.78, 5) is 31.4. The van der Waals surface area contributed by atoms with E-state index in [1.165, 1.54) is 0 Å². The fourth-order valence-electron chi connectivity index (χ4n) is 13.4. The molecule has 0 saturated heterocycles. The van der Waals surface area contributed by atoms with Gasteiger partial charge in [-0.1, -0.05) is 168 Å². The Hall–Kier alpha value is -10.3. The Kier molecular flexibility index (Phi) is 11.4. The lowest BCUT2D eigenvalue weighted by Gasteiger charge is -2.35. The standard InChI is InChI=1S/C74H44N4O2S2/c1-41-13-21-48(22-14-41)73(49-23-15-42(2)16-24-49)63-35-60-64(34-59(63)58-30-45-29-52(81-67(45)36-65(58)73)31-61-68(46(37-75)38-76)54-9-5-7-11-56(54)70(61)79)74(50-25-17-43(3)18-26-50,51-27-19-44(4)20-28-51)66-33-53(82-72(60)66)32-62-69(47(39-77)40-78)55-10-6-8-12-57(55)71(62)80/h5-36H,1-4H3/b61-31-,62-32-. The maximum atomic E-state index is 14.5. The summed E-state index contributed by atoms with van der Waals surface area (Å²) in [5, 5.41) is 41.9. The molecule has 0 bridgehead atoms. The minimum Gasteiger partial charge on any atom is -0.289 e. The lowest BCUT2D eigenvalue weighted by molar-refractivity contribution is 0.103. The highest BCUT2D eigenvalue weighted by Crippen LogP contribution is 2.65. The van der Waals surface area contributed by atoms with E-state index in [1.807, 2.05) is 36.4 Å². The van der Waals surface area contributed by atoms with Gasteiger partial charge in [0.2, 0.25) is 0 Å². The van der Waals surface area contributed by atoms with Crippen molar-refractivity contribution in [3.8, 4) is 45.8 Å². The zero-order chi connectivity index (χ0) is 56.3. The van der Waals surface area contributed by atoms with Crippen LogP contribution in [-0.2, 0) is 10.8 Å². The summed E-state index contributed by atoms with van der Waals surface area (Å²) >= 11 is 3.20. The van der Waals surface area contributed by atoms with Gasteiger partial charge in [0.05, 0.1) is 10.8 Å². The molecule has 0 unspecified atom stereocenters. The van der Waals surface area contributed by atoms with Crippen molar-refractivity contribution in [1.82, 2.24) is 0 Å². The van der Waals surface area contributed by atoms with Gasteiger partial charge in [0.25, 0.3) is 0 Å². The van der Waals surface area contributed by atoms with E-state index in [0.29, 0.717) is 44.5 Å². The first kappa shape index (κ1) is 49.9. The van der Waals surface area contributed by atoms with E-state index < -0.39 is 10.8 Å². The normalized spacial score (nSPS) is 15.5. The van der Waals surface area contributed by atoms with Crippen LogP contribution in [0.5, 0.6) is 0 Å². The number of benzene rings is 8. The largest absolute Gasteiger partial charge is 0.289 e. The first-order valence-electron chi connectivity index (χ1n) is 26.9. The monoisotopic (exact) mass is 1080 g/mol. The number of carbonyl (C=O) groups is 2. The SMILES string of the molecule is Cc1ccc(C2(c3ccc(C)cc3)c3cc4c(cc3-c3cc5cc(/C=C6\C(=O)c7ccccc7C6=C(C#N)C#N)sc5cc32)C(c2ccc(C)cc2)(c2ccc(C)cc2)c2cc(/C=C3\C(=O)c5ccccc5C3=C(C#N)C#N)sc2-4)cc1. The molecule has 2 heterocycles. The fourth-order valence-corrected chi connectivity index (χ4v) is 15.6. The summed E-state index contributed by atoms with van der Waals surface area (Å²) in [6, 6.07) is 72.0. The molecule has 0 saturated carbocycles. The number of carbonyl (C=O) groups excluding carboxylic acids is 2. The number of rotatable bonds is 6. The molecule has 14 rings (SSSR count). The van der Waals surface area contributed by atoms with E-state index in [2.05, 4.69) is 185 Å². The third-order valence-electron chi connectivity index (χ3n) is 17.1. The number of thiophene rings is 2. The molecule has 0 N–H and O–H groups in total. The van der Waals surface area contributed by atoms with Crippen LogP contribution >= 0.6 is 22.7 Å². The first-order valence-corrected chi connectivity index (χ1v) is 28.6. The quantitative estimate of drug-likeness (QED) is 0.120. The van der Waals surface area contributed by atoms with E-state index in [-0.39, 0.29) is 22.7 Å². The number of allylic oxidation sites excluding steroid dienone is 6. The van der Waals surface area contributed by atoms with Gasteiger partial charge in [0, 0.05) is 52.8 Å². The molecule has 0 amide bonds. The van der Waals surface area contributed by atoms with Crippen molar-refractivity contribution in [2.24, 2.45) is 0 Å². The van der Waals surface area contributed by atoms with Crippen LogP contribution in [0.25, 0.3) is 55.0 Å². The van der Waals surface area contributed by atoms with E-state index >= 15 is 0 Å². The van der Waals surface area contributed by atoms with Crippen LogP contribution in [0.2, 0.25) is 0 Å². The Morgan fingerprint density at radius 3 is 1.20 bits per heavy atom. The van der Waals surface area contributed by atoms with Gasteiger partial charge < -0.3 is 0 Å². The van der Waals surface area contributed by atoms with Crippen molar-refractivity contribution < 1.29 is 9.59 Å². The molecule has 0 atom stereocenters. The molecule has 0 aliphatic heterocycles. The van der Waals surface area contributed by atoms with Gasteiger partial charge in [-0.3, -0.25) is 9.59 Å². The van der Waals surface area contributed by atoms with Crippen LogP contribution < -0.4 is 0 Å².